The molecule has 0 aliphatic heterocycles. The Kier molecular flexibility index (Phi) is 3.65. The highest BCUT2D eigenvalue weighted by Crippen LogP contribution is 2.33. The topological polar surface area (TPSA) is 76.3 Å². The van der Waals surface area contributed by atoms with Crippen LogP contribution in [0, 0.1) is 0 Å². The maximum absolute atomic E-state index is 12.7. The second kappa shape index (κ2) is 5.46. The summed E-state index contributed by atoms with van der Waals surface area (Å²) in [5, 5.41) is 0.104. The van der Waals surface area contributed by atoms with Gasteiger partial charge in [0.15, 0.2) is 5.03 Å². The van der Waals surface area contributed by atoms with Crippen LogP contribution < -0.4 is 5.73 Å². The predicted octanol–water partition coefficient (Wildman–Crippen LogP) is 2.02. The van der Waals surface area contributed by atoms with Gasteiger partial charge in [-0.25, -0.2) is 13.4 Å². The fourth-order valence-corrected chi connectivity index (χ4v) is 3.80. The van der Waals surface area contributed by atoms with E-state index in [0.717, 1.165) is 18.4 Å². The minimum absolute atomic E-state index is 0.0783. The van der Waals surface area contributed by atoms with Crippen LogP contribution >= 0.6 is 0 Å². The number of hydrogen-bond acceptors (Lipinski definition) is 4. The quantitative estimate of drug-likeness (QED) is 0.857. The number of benzene rings is 1. The minimum Gasteiger partial charge on any atom is -0.399 e. The number of sulfonamides is 1. The Morgan fingerprint density at radius 2 is 1.86 bits per heavy atom. The smallest absolute Gasteiger partial charge is 0.261 e. The molecule has 6 heteroatoms. The molecule has 0 atom stereocenters. The molecule has 0 bridgehead atoms. The highest BCUT2D eigenvalue weighted by molar-refractivity contribution is 7.89. The zero-order valence-corrected chi connectivity index (χ0v) is 12.3. The third-order valence-corrected chi connectivity index (χ3v) is 5.30. The number of rotatable bonds is 5. The molecule has 110 valence electrons. The second-order valence-electron chi connectivity index (χ2n) is 5.19. The van der Waals surface area contributed by atoms with Crippen LogP contribution in [0.3, 0.4) is 0 Å². The average Bonchev–Trinajstić information content (AvgIpc) is 3.32. The Labute approximate surface area is 124 Å². The lowest BCUT2D eigenvalue weighted by molar-refractivity contribution is 0.397. The van der Waals surface area contributed by atoms with E-state index in [1.807, 2.05) is 12.1 Å². The standard InChI is InChI=1S/C15H17N3O2S/c16-13-6-4-12(5-7-13)11-18(14-8-9-14)21(19,20)15-3-1-2-10-17-15/h1-7,10,14H,8-9,11,16H2. The third kappa shape index (κ3) is 3.06. The van der Waals surface area contributed by atoms with Crippen molar-refractivity contribution < 1.29 is 8.42 Å². The normalized spacial score (nSPS) is 15.3. The van der Waals surface area contributed by atoms with E-state index in [1.54, 1.807) is 28.6 Å². The first kappa shape index (κ1) is 14.0. The van der Waals surface area contributed by atoms with Crippen molar-refractivity contribution in [1.29, 1.82) is 0 Å². The number of nitrogen functional groups attached to an aromatic ring is 1. The molecule has 1 aliphatic rings. The van der Waals surface area contributed by atoms with Gasteiger partial charge in [0.2, 0.25) is 0 Å². The Bertz CT molecular complexity index is 710. The van der Waals surface area contributed by atoms with Crippen molar-refractivity contribution in [1.82, 2.24) is 9.29 Å². The molecule has 1 fully saturated rings. The largest absolute Gasteiger partial charge is 0.399 e. The molecular weight excluding hydrogens is 286 g/mol. The summed E-state index contributed by atoms with van der Waals surface area (Å²) in [5.41, 5.74) is 7.26. The molecule has 2 aromatic rings. The van der Waals surface area contributed by atoms with Gasteiger partial charge in [0, 0.05) is 24.5 Å². The number of pyridine rings is 1. The van der Waals surface area contributed by atoms with E-state index in [-0.39, 0.29) is 11.1 Å². The summed E-state index contributed by atoms with van der Waals surface area (Å²) in [6.07, 6.45) is 3.31. The molecule has 0 saturated heterocycles. The molecule has 0 amide bonds. The van der Waals surface area contributed by atoms with Gasteiger partial charge in [-0.2, -0.15) is 4.31 Å². The van der Waals surface area contributed by atoms with Crippen molar-refractivity contribution in [2.45, 2.75) is 30.5 Å². The van der Waals surface area contributed by atoms with E-state index in [9.17, 15) is 8.42 Å². The van der Waals surface area contributed by atoms with Crippen molar-refractivity contribution >= 4 is 15.7 Å². The van der Waals surface area contributed by atoms with Gasteiger partial charge in [-0.3, -0.25) is 0 Å². The Balaban J connectivity index is 1.90. The van der Waals surface area contributed by atoms with Crippen molar-refractivity contribution in [2.24, 2.45) is 0 Å². The lowest BCUT2D eigenvalue weighted by Gasteiger charge is -2.21. The van der Waals surface area contributed by atoms with E-state index in [4.69, 9.17) is 5.73 Å². The van der Waals surface area contributed by atoms with Crippen molar-refractivity contribution in [3.8, 4) is 0 Å². The molecule has 1 aliphatic carbocycles. The summed E-state index contributed by atoms with van der Waals surface area (Å²) < 4.78 is 27.0. The fourth-order valence-electron chi connectivity index (χ4n) is 2.20. The summed E-state index contributed by atoms with van der Waals surface area (Å²) in [7, 11) is -3.56. The summed E-state index contributed by atoms with van der Waals surface area (Å²) >= 11 is 0. The van der Waals surface area contributed by atoms with Crippen LogP contribution in [-0.2, 0) is 16.6 Å². The zero-order valence-electron chi connectivity index (χ0n) is 11.5. The van der Waals surface area contributed by atoms with E-state index in [0.29, 0.717) is 12.2 Å². The average molecular weight is 303 g/mol. The molecule has 1 aromatic heterocycles. The molecule has 21 heavy (non-hydrogen) atoms. The van der Waals surface area contributed by atoms with Gasteiger partial charge in [-0.1, -0.05) is 18.2 Å². The summed E-state index contributed by atoms with van der Waals surface area (Å²) in [6.45, 7) is 0.351. The van der Waals surface area contributed by atoms with Crippen LogP contribution in [0.25, 0.3) is 0 Å². The molecule has 0 unspecified atom stereocenters. The van der Waals surface area contributed by atoms with Gasteiger partial charge < -0.3 is 5.73 Å². The number of nitrogens with two attached hydrogens (primary N) is 1. The SMILES string of the molecule is Nc1ccc(CN(C2CC2)S(=O)(=O)c2ccccn2)cc1. The Morgan fingerprint density at radius 3 is 2.43 bits per heavy atom. The minimum atomic E-state index is -3.56. The third-order valence-electron chi connectivity index (χ3n) is 3.48. The fraction of sp³-hybridized carbons (Fsp3) is 0.267. The van der Waals surface area contributed by atoms with Gasteiger partial charge in [0.25, 0.3) is 10.0 Å². The first-order chi connectivity index (χ1) is 10.1. The van der Waals surface area contributed by atoms with Crippen molar-refractivity contribution in [3.63, 3.8) is 0 Å². The number of nitrogens with zero attached hydrogens (tertiary/aromatic N) is 2. The van der Waals surface area contributed by atoms with Crippen LogP contribution in [0.1, 0.15) is 18.4 Å². The van der Waals surface area contributed by atoms with Crippen molar-refractivity contribution in [3.05, 3.63) is 54.2 Å². The predicted molar refractivity (Wildman–Crippen MR) is 80.8 cm³/mol. The highest BCUT2D eigenvalue weighted by Gasteiger charge is 2.38. The summed E-state index contributed by atoms with van der Waals surface area (Å²) in [4.78, 5) is 3.99. The van der Waals surface area contributed by atoms with E-state index >= 15 is 0 Å². The van der Waals surface area contributed by atoms with E-state index in [1.165, 1.54) is 12.3 Å². The van der Waals surface area contributed by atoms with Crippen molar-refractivity contribution in [2.75, 3.05) is 5.73 Å². The molecular formula is C15H17N3O2S. The molecule has 1 saturated carbocycles. The second-order valence-corrected chi connectivity index (χ2v) is 7.03. The lowest BCUT2D eigenvalue weighted by atomic mass is 10.2. The number of aromatic nitrogens is 1. The van der Waals surface area contributed by atoms with Gasteiger partial charge in [-0.15, -0.1) is 0 Å². The highest BCUT2D eigenvalue weighted by atomic mass is 32.2. The summed E-state index contributed by atoms with van der Waals surface area (Å²) in [5.74, 6) is 0. The molecule has 5 nitrogen and oxygen atoms in total. The Morgan fingerprint density at radius 1 is 1.14 bits per heavy atom. The molecule has 1 heterocycles. The van der Waals surface area contributed by atoms with E-state index < -0.39 is 10.0 Å². The monoisotopic (exact) mass is 303 g/mol. The summed E-state index contributed by atoms with van der Waals surface area (Å²) in [6, 6.07) is 12.3. The maximum atomic E-state index is 12.7. The Hall–Kier alpha value is -1.92. The molecule has 0 radical (unpaired) electrons. The number of anilines is 1. The first-order valence-corrected chi connectivity index (χ1v) is 8.29. The first-order valence-electron chi connectivity index (χ1n) is 6.85. The maximum Gasteiger partial charge on any atom is 0.261 e. The van der Waals surface area contributed by atoms with Crippen LogP contribution in [-0.4, -0.2) is 23.7 Å². The lowest BCUT2D eigenvalue weighted by Crippen LogP contribution is -2.33. The van der Waals surface area contributed by atoms with Crippen LogP contribution in [0.5, 0.6) is 0 Å². The van der Waals surface area contributed by atoms with E-state index in [2.05, 4.69) is 4.98 Å². The molecule has 3 rings (SSSR count). The van der Waals surface area contributed by atoms with Crippen LogP contribution in [0.2, 0.25) is 0 Å². The van der Waals surface area contributed by atoms with Gasteiger partial charge in [-0.05, 0) is 42.7 Å². The molecule has 1 aromatic carbocycles. The van der Waals surface area contributed by atoms with Gasteiger partial charge >= 0.3 is 0 Å². The van der Waals surface area contributed by atoms with Gasteiger partial charge in [0.1, 0.15) is 0 Å². The number of hydrogen-bond donors (Lipinski definition) is 1. The molecule has 0 spiro atoms. The van der Waals surface area contributed by atoms with Crippen LogP contribution in [0.4, 0.5) is 5.69 Å². The molecule has 2 N–H and O–H groups in total. The zero-order chi connectivity index (χ0) is 14.9. The van der Waals surface area contributed by atoms with Crippen LogP contribution in [0.15, 0.2) is 53.7 Å². The van der Waals surface area contributed by atoms with Gasteiger partial charge in [0.05, 0.1) is 0 Å².